The van der Waals surface area contributed by atoms with E-state index in [4.69, 9.17) is 16.7 Å². The summed E-state index contributed by atoms with van der Waals surface area (Å²) < 4.78 is 26.1. The number of hydrogen-bond acceptors (Lipinski definition) is 1. The average molecular weight is 207 g/mol. The van der Waals surface area contributed by atoms with E-state index in [0.717, 1.165) is 12.1 Å². The minimum Gasteiger partial charge on any atom is -0.393 e. The lowest BCUT2D eigenvalue weighted by Crippen LogP contribution is -2.20. The number of halogens is 3. The summed E-state index contributed by atoms with van der Waals surface area (Å²) in [5.74, 6) is -0.525. The van der Waals surface area contributed by atoms with Crippen molar-refractivity contribution in [3.8, 4) is 0 Å². The molecule has 1 unspecified atom stereocenters. The van der Waals surface area contributed by atoms with Crippen LogP contribution >= 0.6 is 11.6 Å². The number of hydrogen-bond donors (Lipinski definition) is 1. The Hall–Kier alpha value is -0.670. The van der Waals surface area contributed by atoms with E-state index in [1.807, 2.05) is 0 Å². The minimum atomic E-state index is -1.93. The van der Waals surface area contributed by atoms with Crippen molar-refractivity contribution in [1.82, 2.24) is 0 Å². The van der Waals surface area contributed by atoms with Crippen molar-refractivity contribution in [2.75, 3.05) is 6.61 Å². The third-order valence-electron chi connectivity index (χ3n) is 1.79. The quantitative estimate of drug-likeness (QED) is 0.789. The molecule has 1 aromatic rings. The first-order valence-electron chi connectivity index (χ1n) is 3.72. The van der Waals surface area contributed by atoms with Crippen LogP contribution in [0.15, 0.2) is 18.2 Å². The molecule has 0 saturated carbocycles. The van der Waals surface area contributed by atoms with Crippen LogP contribution in [0.1, 0.15) is 12.5 Å². The topological polar surface area (TPSA) is 20.2 Å². The van der Waals surface area contributed by atoms with E-state index >= 15 is 0 Å². The van der Waals surface area contributed by atoms with Crippen LogP contribution in [0.4, 0.5) is 8.78 Å². The van der Waals surface area contributed by atoms with E-state index in [9.17, 15) is 8.78 Å². The van der Waals surface area contributed by atoms with Crippen molar-refractivity contribution >= 4 is 11.6 Å². The molecule has 4 heteroatoms. The fourth-order valence-corrected chi connectivity index (χ4v) is 1.36. The van der Waals surface area contributed by atoms with Gasteiger partial charge in [0.1, 0.15) is 5.82 Å². The third-order valence-corrected chi connectivity index (χ3v) is 2.10. The monoisotopic (exact) mass is 206 g/mol. The van der Waals surface area contributed by atoms with Crippen molar-refractivity contribution in [2.45, 2.75) is 12.6 Å². The second-order valence-corrected chi connectivity index (χ2v) is 3.39. The Morgan fingerprint density at radius 2 is 2.15 bits per heavy atom. The number of alkyl halides is 1. The molecule has 1 rings (SSSR count). The van der Waals surface area contributed by atoms with Crippen LogP contribution in [0.25, 0.3) is 0 Å². The molecule has 1 N–H and O–H groups in total. The van der Waals surface area contributed by atoms with Crippen molar-refractivity contribution in [2.24, 2.45) is 0 Å². The number of aliphatic hydroxyl groups excluding tert-OH is 1. The average Bonchev–Trinajstić information content (AvgIpc) is 2.03. The summed E-state index contributed by atoms with van der Waals surface area (Å²) in [7, 11) is 0. The molecule has 0 spiro atoms. The lowest BCUT2D eigenvalue weighted by molar-refractivity contribution is 0.0868. The van der Waals surface area contributed by atoms with Crippen LogP contribution in [-0.2, 0) is 5.67 Å². The van der Waals surface area contributed by atoms with Crippen molar-refractivity contribution in [3.05, 3.63) is 34.6 Å². The molecule has 0 aliphatic rings. The summed E-state index contributed by atoms with van der Waals surface area (Å²) in [6.45, 7) is 0.504. The highest BCUT2D eigenvalue weighted by molar-refractivity contribution is 6.31. The lowest BCUT2D eigenvalue weighted by atomic mass is 9.99. The van der Waals surface area contributed by atoms with Gasteiger partial charge in [-0.1, -0.05) is 17.7 Å². The fourth-order valence-electron chi connectivity index (χ4n) is 0.997. The van der Waals surface area contributed by atoms with Crippen molar-refractivity contribution < 1.29 is 13.9 Å². The number of aliphatic hydroxyl groups is 1. The van der Waals surface area contributed by atoms with Gasteiger partial charge in [0.05, 0.1) is 6.61 Å². The fraction of sp³-hybridized carbons (Fsp3) is 0.333. The van der Waals surface area contributed by atoms with Crippen LogP contribution < -0.4 is 0 Å². The van der Waals surface area contributed by atoms with Gasteiger partial charge in [0.25, 0.3) is 0 Å². The zero-order valence-electron chi connectivity index (χ0n) is 7.02. The standard InChI is InChI=1S/C9H9ClF2O/c1-9(12,5-13)7-3-2-6(11)4-8(7)10/h2-4,13H,5H2,1H3. The maximum atomic E-state index is 13.5. The normalized spacial score (nSPS) is 15.5. The van der Waals surface area contributed by atoms with Gasteiger partial charge in [-0.25, -0.2) is 8.78 Å². The highest BCUT2D eigenvalue weighted by atomic mass is 35.5. The molecule has 0 saturated heterocycles. The highest BCUT2D eigenvalue weighted by Gasteiger charge is 2.27. The Labute approximate surface area is 80.0 Å². The molecule has 0 aliphatic carbocycles. The second-order valence-electron chi connectivity index (χ2n) is 2.98. The summed E-state index contributed by atoms with van der Waals surface area (Å²) in [6, 6.07) is 3.35. The summed E-state index contributed by atoms with van der Waals surface area (Å²) >= 11 is 5.60. The summed E-state index contributed by atoms with van der Waals surface area (Å²) in [5.41, 5.74) is -1.83. The molecule has 1 atom stereocenters. The predicted octanol–water partition coefficient (Wildman–Crippen LogP) is 2.66. The van der Waals surface area contributed by atoms with Crippen LogP contribution in [0, 0.1) is 5.82 Å². The molecule has 0 amide bonds. The number of benzene rings is 1. The van der Waals surface area contributed by atoms with Crippen LogP contribution in [0.5, 0.6) is 0 Å². The summed E-state index contributed by atoms with van der Waals surface area (Å²) in [6.07, 6.45) is 0. The first-order chi connectivity index (χ1) is 5.97. The van der Waals surface area contributed by atoms with E-state index in [1.54, 1.807) is 0 Å². The van der Waals surface area contributed by atoms with Gasteiger partial charge in [0.15, 0.2) is 5.67 Å². The first-order valence-corrected chi connectivity index (χ1v) is 4.10. The van der Waals surface area contributed by atoms with Gasteiger partial charge in [-0.05, 0) is 19.1 Å². The zero-order valence-corrected chi connectivity index (χ0v) is 7.78. The van der Waals surface area contributed by atoms with E-state index < -0.39 is 18.1 Å². The Bertz CT molecular complexity index is 312. The molecule has 0 radical (unpaired) electrons. The van der Waals surface area contributed by atoms with Gasteiger partial charge in [-0.2, -0.15) is 0 Å². The maximum Gasteiger partial charge on any atom is 0.157 e. The first kappa shape index (κ1) is 10.4. The van der Waals surface area contributed by atoms with Crippen molar-refractivity contribution in [3.63, 3.8) is 0 Å². The third kappa shape index (κ3) is 2.17. The summed E-state index contributed by atoms with van der Waals surface area (Å²) in [5, 5.41) is 8.70. The van der Waals surface area contributed by atoms with Gasteiger partial charge in [0, 0.05) is 10.6 Å². The molecule has 13 heavy (non-hydrogen) atoms. The van der Waals surface area contributed by atoms with Gasteiger partial charge in [0.2, 0.25) is 0 Å². The Balaban J connectivity index is 3.16. The predicted molar refractivity (Wildman–Crippen MR) is 47.0 cm³/mol. The highest BCUT2D eigenvalue weighted by Crippen LogP contribution is 2.31. The van der Waals surface area contributed by atoms with E-state index in [0.29, 0.717) is 0 Å². The largest absolute Gasteiger partial charge is 0.393 e. The maximum absolute atomic E-state index is 13.5. The van der Waals surface area contributed by atoms with E-state index in [2.05, 4.69) is 0 Å². The molecule has 0 aliphatic heterocycles. The van der Waals surface area contributed by atoms with Gasteiger partial charge in [-0.15, -0.1) is 0 Å². The van der Waals surface area contributed by atoms with Gasteiger partial charge < -0.3 is 5.11 Å². The second kappa shape index (κ2) is 3.60. The van der Waals surface area contributed by atoms with Crippen molar-refractivity contribution in [1.29, 1.82) is 0 Å². The Morgan fingerprint density at radius 1 is 1.54 bits per heavy atom. The molecule has 0 heterocycles. The van der Waals surface area contributed by atoms with Crippen LogP contribution in [-0.4, -0.2) is 11.7 Å². The molecular formula is C9H9ClF2O. The Morgan fingerprint density at radius 3 is 2.62 bits per heavy atom. The smallest absolute Gasteiger partial charge is 0.157 e. The zero-order chi connectivity index (χ0) is 10.1. The van der Waals surface area contributed by atoms with Crippen LogP contribution in [0.2, 0.25) is 5.02 Å². The molecule has 0 aromatic heterocycles. The molecule has 0 fully saturated rings. The molecule has 0 bridgehead atoms. The lowest BCUT2D eigenvalue weighted by Gasteiger charge is -2.18. The minimum absolute atomic E-state index is 0.0148. The molecule has 1 nitrogen and oxygen atoms in total. The van der Waals surface area contributed by atoms with Gasteiger partial charge >= 0.3 is 0 Å². The molecule has 1 aromatic carbocycles. The van der Waals surface area contributed by atoms with E-state index in [-0.39, 0.29) is 10.6 Å². The Kier molecular flexibility index (Phi) is 2.88. The van der Waals surface area contributed by atoms with E-state index in [1.165, 1.54) is 13.0 Å². The SMILES string of the molecule is CC(F)(CO)c1ccc(F)cc1Cl. The van der Waals surface area contributed by atoms with Gasteiger partial charge in [-0.3, -0.25) is 0 Å². The molecule has 72 valence electrons. The summed E-state index contributed by atoms with van der Waals surface area (Å²) in [4.78, 5) is 0. The molecular weight excluding hydrogens is 198 g/mol. The van der Waals surface area contributed by atoms with Crippen LogP contribution in [0.3, 0.4) is 0 Å². The number of rotatable bonds is 2.